The zero-order valence-corrected chi connectivity index (χ0v) is 21.9. The fourth-order valence-electron chi connectivity index (χ4n) is 5.19. The molecule has 0 saturated carbocycles. The van der Waals surface area contributed by atoms with Gasteiger partial charge in [0.05, 0.1) is 22.8 Å². The Morgan fingerprint density at radius 2 is 1.73 bits per heavy atom. The van der Waals surface area contributed by atoms with Crippen LogP contribution in [0.3, 0.4) is 0 Å². The molecule has 5 rings (SSSR count). The topological polar surface area (TPSA) is 90.9 Å². The third-order valence-corrected chi connectivity index (χ3v) is 7.27. The molecule has 1 aliphatic heterocycles. The molecule has 4 aromatic rings. The van der Waals surface area contributed by atoms with Gasteiger partial charge >= 0.3 is 11.9 Å². The number of benzene rings is 1. The first-order chi connectivity index (χ1) is 19.0. The highest BCUT2D eigenvalue weighted by Gasteiger charge is 2.38. The Kier molecular flexibility index (Phi) is 7.01. The van der Waals surface area contributed by atoms with E-state index in [4.69, 9.17) is 0 Å². The number of rotatable bonds is 4. The largest absolute Gasteiger partial charge is 0.417 e. The van der Waals surface area contributed by atoms with Gasteiger partial charge < -0.3 is 4.90 Å². The van der Waals surface area contributed by atoms with Crippen LogP contribution in [0.5, 0.6) is 0 Å². The minimum Gasteiger partial charge on any atom is -0.349 e. The van der Waals surface area contributed by atoms with E-state index in [1.807, 2.05) is 24.8 Å². The fourth-order valence-corrected chi connectivity index (χ4v) is 5.19. The molecular formula is C28H25F4N7O. The second-order valence-electron chi connectivity index (χ2n) is 9.92. The van der Waals surface area contributed by atoms with Crippen molar-refractivity contribution >= 4 is 16.9 Å². The Morgan fingerprint density at radius 1 is 1.00 bits per heavy atom. The van der Waals surface area contributed by atoms with Crippen LogP contribution in [-0.4, -0.2) is 49.6 Å². The van der Waals surface area contributed by atoms with Crippen molar-refractivity contribution in [2.24, 2.45) is 7.05 Å². The molecule has 3 atom stereocenters. The lowest BCUT2D eigenvalue weighted by Gasteiger charge is -2.47. The summed E-state index contributed by atoms with van der Waals surface area (Å²) in [5, 5.41) is 9.39. The lowest BCUT2D eigenvalue weighted by molar-refractivity contribution is -0.137. The Balaban J connectivity index is 1.54. The number of piperazine rings is 1. The second-order valence-corrected chi connectivity index (χ2v) is 9.92. The van der Waals surface area contributed by atoms with Crippen LogP contribution in [0.1, 0.15) is 42.4 Å². The minimum absolute atomic E-state index is 0.193. The summed E-state index contributed by atoms with van der Waals surface area (Å²) in [7, 11) is 1.59. The molecule has 12 heteroatoms. The molecule has 0 amide bonds. The lowest BCUT2D eigenvalue weighted by Crippen LogP contribution is -2.58. The van der Waals surface area contributed by atoms with Gasteiger partial charge in [0, 0.05) is 38.4 Å². The molecule has 1 unspecified atom stereocenters. The van der Waals surface area contributed by atoms with E-state index in [1.165, 1.54) is 22.8 Å². The fraction of sp³-hybridized carbons (Fsp3) is 0.321. The number of fused-ring (bicyclic) bond motifs is 1. The van der Waals surface area contributed by atoms with Gasteiger partial charge in [0.25, 0.3) is 0 Å². The van der Waals surface area contributed by atoms with Crippen LogP contribution in [0.4, 0.5) is 23.4 Å². The summed E-state index contributed by atoms with van der Waals surface area (Å²) in [6, 6.07) is 12.4. The molecule has 0 radical (unpaired) electrons. The Labute approximate surface area is 227 Å². The van der Waals surface area contributed by atoms with E-state index in [9.17, 15) is 27.6 Å². The van der Waals surface area contributed by atoms with Gasteiger partial charge in [0.1, 0.15) is 23.1 Å². The van der Waals surface area contributed by atoms with Crippen molar-refractivity contribution in [3.8, 4) is 6.07 Å². The quantitative estimate of drug-likeness (QED) is 0.347. The summed E-state index contributed by atoms with van der Waals surface area (Å²) >= 11 is 0. The molecule has 1 saturated heterocycles. The van der Waals surface area contributed by atoms with Crippen LogP contribution in [-0.2, 0) is 13.2 Å². The standard InChI is InChI=1S/C28H25F4N7O/c1-16-15-39(26-24-23(37(3)27(40)36-26)11-9-21(12-33)35-24)17(2)14-38(16)25(18-4-7-20(29)8-5-18)22-10-6-19(13-34-22)28(30,31)32/h4-11,13,16-17,25H,14-15H2,1-3H3/t16-,17-,25?/m0/s1. The highest BCUT2D eigenvalue weighted by molar-refractivity contribution is 5.86. The summed E-state index contributed by atoms with van der Waals surface area (Å²) in [5.41, 5.74) is 0.909. The van der Waals surface area contributed by atoms with E-state index in [0.29, 0.717) is 41.2 Å². The van der Waals surface area contributed by atoms with Gasteiger partial charge in [-0.3, -0.25) is 14.5 Å². The third-order valence-electron chi connectivity index (χ3n) is 7.27. The Morgan fingerprint density at radius 3 is 2.35 bits per heavy atom. The van der Waals surface area contributed by atoms with Crippen LogP contribution in [0.25, 0.3) is 11.0 Å². The van der Waals surface area contributed by atoms with E-state index in [-0.39, 0.29) is 17.8 Å². The van der Waals surface area contributed by atoms with E-state index >= 15 is 0 Å². The lowest BCUT2D eigenvalue weighted by atomic mass is 9.96. The summed E-state index contributed by atoms with van der Waals surface area (Å²) < 4.78 is 54.8. The van der Waals surface area contributed by atoms with Crippen molar-refractivity contribution in [3.63, 3.8) is 0 Å². The number of aromatic nitrogens is 4. The van der Waals surface area contributed by atoms with Crippen molar-refractivity contribution in [2.75, 3.05) is 18.0 Å². The molecule has 8 nitrogen and oxygen atoms in total. The highest BCUT2D eigenvalue weighted by Crippen LogP contribution is 2.36. The van der Waals surface area contributed by atoms with Gasteiger partial charge in [0.2, 0.25) is 0 Å². The summed E-state index contributed by atoms with van der Waals surface area (Å²) in [6.07, 6.45) is -3.71. The second kappa shape index (κ2) is 10.3. The number of hydrogen-bond acceptors (Lipinski definition) is 7. The summed E-state index contributed by atoms with van der Waals surface area (Å²) in [6.45, 7) is 4.71. The molecule has 4 heterocycles. The molecule has 206 valence electrons. The molecule has 0 N–H and O–H groups in total. The minimum atomic E-state index is -4.52. The zero-order valence-electron chi connectivity index (χ0n) is 21.9. The van der Waals surface area contributed by atoms with Crippen LogP contribution < -0.4 is 10.6 Å². The summed E-state index contributed by atoms with van der Waals surface area (Å²) in [5.74, 6) is -0.0675. The number of nitriles is 1. The van der Waals surface area contributed by atoms with Gasteiger partial charge in [-0.25, -0.2) is 14.2 Å². The van der Waals surface area contributed by atoms with Gasteiger partial charge in [-0.1, -0.05) is 12.1 Å². The first-order valence-electron chi connectivity index (χ1n) is 12.6. The normalized spacial score (nSPS) is 19.0. The third kappa shape index (κ3) is 5.00. The number of halogens is 4. The van der Waals surface area contributed by atoms with Crippen molar-refractivity contribution in [1.82, 2.24) is 24.4 Å². The molecular weight excluding hydrogens is 526 g/mol. The van der Waals surface area contributed by atoms with Crippen LogP contribution >= 0.6 is 0 Å². The first kappa shape index (κ1) is 27.2. The number of anilines is 1. The maximum absolute atomic E-state index is 13.8. The number of alkyl halides is 3. The number of nitrogens with zero attached hydrogens (tertiary/aromatic N) is 7. The van der Waals surface area contributed by atoms with E-state index in [0.717, 1.165) is 12.3 Å². The molecule has 1 fully saturated rings. The highest BCUT2D eigenvalue weighted by atomic mass is 19.4. The van der Waals surface area contributed by atoms with E-state index in [2.05, 4.69) is 19.9 Å². The molecule has 0 spiro atoms. The monoisotopic (exact) mass is 551 g/mol. The van der Waals surface area contributed by atoms with Gasteiger partial charge in [-0.15, -0.1) is 0 Å². The van der Waals surface area contributed by atoms with Gasteiger partial charge in [-0.05, 0) is 55.8 Å². The van der Waals surface area contributed by atoms with Crippen molar-refractivity contribution < 1.29 is 17.6 Å². The van der Waals surface area contributed by atoms with E-state index in [1.54, 1.807) is 31.3 Å². The molecule has 0 aliphatic carbocycles. The molecule has 0 bridgehead atoms. The number of pyridine rings is 2. The predicted octanol–water partition coefficient (Wildman–Crippen LogP) is 4.44. The SMILES string of the molecule is C[C@H]1CN(C(c2ccc(F)cc2)c2ccc(C(F)(F)F)cn2)[C@@H](C)CN1c1nc(=O)n(C)c2ccc(C#N)nc12. The molecule has 1 aliphatic rings. The molecule has 40 heavy (non-hydrogen) atoms. The van der Waals surface area contributed by atoms with Crippen LogP contribution in [0.15, 0.2) is 59.5 Å². The van der Waals surface area contributed by atoms with Crippen molar-refractivity contribution in [1.29, 1.82) is 5.26 Å². The molecule has 3 aromatic heterocycles. The first-order valence-corrected chi connectivity index (χ1v) is 12.6. The Hall–Kier alpha value is -4.37. The van der Waals surface area contributed by atoms with E-state index < -0.39 is 29.3 Å². The van der Waals surface area contributed by atoms with Crippen molar-refractivity contribution in [2.45, 2.75) is 38.1 Å². The Bertz CT molecular complexity index is 1650. The maximum Gasteiger partial charge on any atom is 0.417 e. The summed E-state index contributed by atoms with van der Waals surface area (Å²) in [4.78, 5) is 29.7. The zero-order chi connectivity index (χ0) is 28.8. The van der Waals surface area contributed by atoms with Crippen molar-refractivity contribution in [3.05, 3.63) is 93.5 Å². The molecule has 1 aromatic carbocycles. The van der Waals surface area contributed by atoms with Crippen LogP contribution in [0, 0.1) is 17.1 Å². The van der Waals surface area contributed by atoms with Gasteiger partial charge in [-0.2, -0.15) is 23.4 Å². The average molecular weight is 552 g/mol. The van der Waals surface area contributed by atoms with Crippen LogP contribution in [0.2, 0.25) is 0 Å². The maximum atomic E-state index is 13.8. The smallest absolute Gasteiger partial charge is 0.349 e. The number of aryl methyl sites for hydroxylation is 1. The number of hydrogen-bond donors (Lipinski definition) is 0. The average Bonchev–Trinajstić information content (AvgIpc) is 2.93. The predicted molar refractivity (Wildman–Crippen MR) is 140 cm³/mol. The van der Waals surface area contributed by atoms with Gasteiger partial charge in [0.15, 0.2) is 5.82 Å².